The fraction of sp³-hybridized carbons (Fsp3) is 0.440. The Morgan fingerprint density at radius 3 is 2.56 bits per heavy atom. The van der Waals surface area contributed by atoms with E-state index in [1.165, 1.54) is 16.8 Å². The van der Waals surface area contributed by atoms with Gasteiger partial charge in [-0.2, -0.15) is 0 Å². The van der Waals surface area contributed by atoms with Crippen LogP contribution in [0.15, 0.2) is 59.6 Å². The predicted octanol–water partition coefficient (Wildman–Crippen LogP) is 3.52. The molecular formula is C25H36IN5O. The standard InChI is InChI=1S/C25H35N5O.HI/c1-4-26-25(27-17-21-11-8-12-23(15-21)29(2)3)28-18-22-16-24(31)30(19-22)14-13-20-9-6-5-7-10-20;/h5-12,15,22H,4,13-14,16-19H2,1-3H3,(H2,26,27,28);1H. The lowest BCUT2D eigenvalue weighted by molar-refractivity contribution is -0.127. The number of nitrogens with one attached hydrogen (secondary N) is 2. The van der Waals surface area contributed by atoms with E-state index >= 15 is 0 Å². The Morgan fingerprint density at radius 2 is 1.84 bits per heavy atom. The first-order chi connectivity index (χ1) is 15.0. The van der Waals surface area contributed by atoms with Crippen LogP contribution in [0, 0.1) is 5.92 Å². The van der Waals surface area contributed by atoms with Crippen molar-refractivity contribution in [3.05, 3.63) is 65.7 Å². The van der Waals surface area contributed by atoms with E-state index in [0.717, 1.165) is 38.6 Å². The smallest absolute Gasteiger partial charge is 0.223 e. The number of hydrogen-bond donors (Lipinski definition) is 2. The first kappa shape index (κ1) is 26.0. The van der Waals surface area contributed by atoms with Gasteiger partial charge in [-0.15, -0.1) is 24.0 Å². The summed E-state index contributed by atoms with van der Waals surface area (Å²) >= 11 is 0. The molecule has 2 aromatic carbocycles. The average Bonchev–Trinajstić information content (AvgIpc) is 3.14. The van der Waals surface area contributed by atoms with E-state index in [1.54, 1.807) is 0 Å². The first-order valence-electron chi connectivity index (χ1n) is 11.1. The minimum Gasteiger partial charge on any atom is -0.378 e. The van der Waals surface area contributed by atoms with Crippen LogP contribution in [0.1, 0.15) is 24.5 Å². The molecule has 1 aliphatic rings. The lowest BCUT2D eigenvalue weighted by Gasteiger charge is -2.18. The van der Waals surface area contributed by atoms with E-state index in [4.69, 9.17) is 4.99 Å². The van der Waals surface area contributed by atoms with E-state index in [1.807, 2.05) is 37.2 Å². The molecule has 2 aromatic rings. The average molecular weight is 550 g/mol. The minimum atomic E-state index is 0. The fourth-order valence-corrected chi connectivity index (χ4v) is 3.80. The zero-order valence-electron chi connectivity index (χ0n) is 19.4. The molecule has 1 amide bonds. The summed E-state index contributed by atoms with van der Waals surface area (Å²) in [6.45, 7) is 5.82. The van der Waals surface area contributed by atoms with Gasteiger partial charge in [-0.05, 0) is 36.6 Å². The van der Waals surface area contributed by atoms with Crippen LogP contribution in [-0.4, -0.2) is 57.0 Å². The highest BCUT2D eigenvalue weighted by Gasteiger charge is 2.29. The molecule has 3 rings (SSSR count). The van der Waals surface area contributed by atoms with E-state index in [2.05, 4.69) is 58.9 Å². The number of anilines is 1. The number of rotatable bonds is 9. The lowest BCUT2D eigenvalue weighted by Crippen LogP contribution is -2.40. The Labute approximate surface area is 209 Å². The second-order valence-electron chi connectivity index (χ2n) is 8.29. The summed E-state index contributed by atoms with van der Waals surface area (Å²) in [5.74, 6) is 1.36. The number of carbonyl (C=O) groups is 1. The van der Waals surface area contributed by atoms with Gasteiger partial charge in [-0.1, -0.05) is 42.5 Å². The molecule has 1 fully saturated rings. The summed E-state index contributed by atoms with van der Waals surface area (Å²) < 4.78 is 0. The van der Waals surface area contributed by atoms with Crippen molar-refractivity contribution in [3.63, 3.8) is 0 Å². The van der Waals surface area contributed by atoms with Gasteiger partial charge < -0.3 is 20.4 Å². The molecule has 0 radical (unpaired) electrons. The number of likely N-dealkylation sites (tertiary alicyclic amines) is 1. The van der Waals surface area contributed by atoms with Crippen molar-refractivity contribution in [2.75, 3.05) is 45.2 Å². The number of aliphatic imine (C=N–C) groups is 1. The SMILES string of the molecule is CCNC(=NCc1cccc(N(C)C)c1)NCC1CC(=O)N(CCc2ccccc2)C1.I. The van der Waals surface area contributed by atoms with E-state index in [9.17, 15) is 4.79 Å². The summed E-state index contributed by atoms with van der Waals surface area (Å²) in [7, 11) is 4.08. The molecule has 2 N–H and O–H groups in total. The number of nitrogens with zero attached hydrogens (tertiary/aromatic N) is 3. The third kappa shape index (κ3) is 8.00. The quantitative estimate of drug-likeness (QED) is 0.286. The number of guanidine groups is 1. The molecule has 174 valence electrons. The van der Waals surface area contributed by atoms with Crippen molar-refractivity contribution < 1.29 is 4.79 Å². The first-order valence-corrected chi connectivity index (χ1v) is 11.1. The third-order valence-electron chi connectivity index (χ3n) is 5.56. The van der Waals surface area contributed by atoms with Crippen LogP contribution in [0.4, 0.5) is 5.69 Å². The van der Waals surface area contributed by atoms with Gasteiger partial charge in [0.1, 0.15) is 0 Å². The van der Waals surface area contributed by atoms with Gasteiger partial charge in [-0.3, -0.25) is 4.79 Å². The zero-order chi connectivity index (χ0) is 22.1. The van der Waals surface area contributed by atoms with Crippen LogP contribution >= 0.6 is 24.0 Å². The highest BCUT2D eigenvalue weighted by Crippen LogP contribution is 2.18. The number of hydrogen-bond acceptors (Lipinski definition) is 3. The second kappa shape index (κ2) is 13.3. The van der Waals surface area contributed by atoms with Crippen molar-refractivity contribution >= 4 is 41.5 Å². The molecule has 0 aromatic heterocycles. The maximum atomic E-state index is 12.4. The van der Waals surface area contributed by atoms with Gasteiger partial charge in [0.25, 0.3) is 0 Å². The Bertz CT molecular complexity index is 872. The predicted molar refractivity (Wildman–Crippen MR) is 144 cm³/mol. The molecule has 7 heteroatoms. The van der Waals surface area contributed by atoms with Crippen LogP contribution < -0.4 is 15.5 Å². The van der Waals surface area contributed by atoms with E-state index in [0.29, 0.717) is 18.9 Å². The Hall–Kier alpha value is -2.29. The van der Waals surface area contributed by atoms with Crippen molar-refractivity contribution in [2.24, 2.45) is 10.9 Å². The maximum absolute atomic E-state index is 12.4. The number of halogens is 1. The van der Waals surface area contributed by atoms with Crippen molar-refractivity contribution in [3.8, 4) is 0 Å². The molecule has 0 bridgehead atoms. The molecule has 0 spiro atoms. The van der Waals surface area contributed by atoms with Gasteiger partial charge in [0.2, 0.25) is 5.91 Å². The topological polar surface area (TPSA) is 60.0 Å². The van der Waals surface area contributed by atoms with Crippen LogP contribution in [0.5, 0.6) is 0 Å². The molecule has 1 atom stereocenters. The molecule has 32 heavy (non-hydrogen) atoms. The van der Waals surface area contributed by atoms with Crippen molar-refractivity contribution in [1.82, 2.24) is 15.5 Å². The van der Waals surface area contributed by atoms with Gasteiger partial charge in [0.15, 0.2) is 5.96 Å². The summed E-state index contributed by atoms with van der Waals surface area (Å²) in [5.41, 5.74) is 3.62. The van der Waals surface area contributed by atoms with Gasteiger partial charge in [0.05, 0.1) is 6.54 Å². The van der Waals surface area contributed by atoms with Crippen LogP contribution in [0.2, 0.25) is 0 Å². The fourth-order valence-electron chi connectivity index (χ4n) is 3.80. The van der Waals surface area contributed by atoms with Gasteiger partial charge >= 0.3 is 0 Å². The number of amides is 1. The molecule has 1 unspecified atom stereocenters. The summed E-state index contributed by atoms with van der Waals surface area (Å²) in [6, 6.07) is 18.8. The molecule has 6 nitrogen and oxygen atoms in total. The molecule has 1 heterocycles. The van der Waals surface area contributed by atoms with E-state index < -0.39 is 0 Å². The summed E-state index contributed by atoms with van der Waals surface area (Å²) in [5, 5.41) is 6.75. The molecule has 1 aliphatic heterocycles. The van der Waals surface area contributed by atoms with Crippen LogP contribution in [-0.2, 0) is 17.8 Å². The van der Waals surface area contributed by atoms with Crippen molar-refractivity contribution in [1.29, 1.82) is 0 Å². The second-order valence-corrected chi connectivity index (χ2v) is 8.29. The monoisotopic (exact) mass is 549 g/mol. The highest BCUT2D eigenvalue weighted by atomic mass is 127. The molecule has 0 aliphatic carbocycles. The summed E-state index contributed by atoms with van der Waals surface area (Å²) in [6.07, 6.45) is 1.51. The normalized spacial score (nSPS) is 16.0. The Balaban J connectivity index is 0.00000363. The van der Waals surface area contributed by atoms with Crippen LogP contribution in [0.25, 0.3) is 0 Å². The van der Waals surface area contributed by atoms with Crippen LogP contribution in [0.3, 0.4) is 0 Å². The van der Waals surface area contributed by atoms with Gasteiger partial charge in [0, 0.05) is 58.3 Å². The van der Waals surface area contributed by atoms with E-state index in [-0.39, 0.29) is 29.9 Å². The Morgan fingerprint density at radius 1 is 1.09 bits per heavy atom. The largest absolute Gasteiger partial charge is 0.378 e. The Kier molecular flexibility index (Phi) is 10.8. The summed E-state index contributed by atoms with van der Waals surface area (Å²) in [4.78, 5) is 21.2. The van der Waals surface area contributed by atoms with Gasteiger partial charge in [-0.25, -0.2) is 4.99 Å². The lowest BCUT2D eigenvalue weighted by atomic mass is 10.1. The number of carbonyl (C=O) groups excluding carboxylic acids is 1. The highest BCUT2D eigenvalue weighted by molar-refractivity contribution is 14.0. The third-order valence-corrected chi connectivity index (χ3v) is 5.56. The molecule has 1 saturated heterocycles. The minimum absolute atomic E-state index is 0. The molecular weight excluding hydrogens is 513 g/mol. The maximum Gasteiger partial charge on any atom is 0.223 e. The zero-order valence-corrected chi connectivity index (χ0v) is 21.7. The van der Waals surface area contributed by atoms with Crippen molar-refractivity contribution in [2.45, 2.75) is 26.3 Å². The molecule has 0 saturated carbocycles. The number of benzene rings is 2.